The molecule has 7 heteroatoms. The predicted octanol–water partition coefficient (Wildman–Crippen LogP) is 4.27. The van der Waals surface area contributed by atoms with Crippen molar-refractivity contribution in [2.45, 2.75) is 103 Å². The van der Waals surface area contributed by atoms with Crippen molar-refractivity contribution in [2.24, 2.45) is 24.8 Å². The molecular formula is C28H43NO6. The van der Waals surface area contributed by atoms with Crippen LogP contribution < -0.4 is 5.56 Å². The number of ether oxygens (including phenoxy) is 1. The van der Waals surface area contributed by atoms with Crippen LogP contribution in [-0.2, 0) is 22.2 Å². The molecule has 1 aliphatic heterocycles. The quantitative estimate of drug-likeness (QED) is 0.494. The number of carbonyl (C=O) groups is 1. The monoisotopic (exact) mass is 489 g/mol. The van der Waals surface area contributed by atoms with E-state index in [-0.39, 0.29) is 59.5 Å². The number of hydrogen-bond donors (Lipinski definition) is 3. The van der Waals surface area contributed by atoms with Crippen molar-refractivity contribution >= 4 is 5.78 Å². The SMILES string of the molecule is CCC(C)CC(C)/C=C(\C)C1OC(c2c(O)c([C@]3(O)CCC(=O)C[C@@H]3O)cn(C)c2=O)CC[C@@H]1C. The summed E-state index contributed by atoms with van der Waals surface area (Å²) in [6, 6.07) is 0. The molecule has 0 radical (unpaired) electrons. The number of aromatic hydroxyl groups is 1. The molecule has 1 saturated heterocycles. The van der Waals surface area contributed by atoms with E-state index in [2.05, 4.69) is 40.7 Å². The van der Waals surface area contributed by atoms with Crippen molar-refractivity contribution in [3.8, 4) is 5.75 Å². The van der Waals surface area contributed by atoms with Gasteiger partial charge >= 0.3 is 0 Å². The second-order valence-corrected chi connectivity index (χ2v) is 11.1. The molecule has 3 N–H and O–H groups in total. The molecular weight excluding hydrogens is 446 g/mol. The standard InChI is InChI=1S/C28H43NO6/c1-7-16(2)12-17(3)13-19(5)26-18(4)8-9-22(35-26)24-25(32)21(15-29(6)27(24)33)28(34)11-10-20(30)14-23(28)31/h13,15-18,22-23,26,31-32,34H,7-12,14H2,1-6H3/b19-13+/t16?,17?,18-,22?,23-,26?,28+/m0/s1. The number of aliphatic hydroxyl groups excluding tert-OH is 1. The first-order valence-electron chi connectivity index (χ1n) is 13.1. The molecule has 0 spiro atoms. The van der Waals surface area contributed by atoms with E-state index in [1.165, 1.54) is 10.8 Å². The zero-order valence-corrected chi connectivity index (χ0v) is 22.1. The maximum absolute atomic E-state index is 13.2. The summed E-state index contributed by atoms with van der Waals surface area (Å²) in [5, 5.41) is 33.1. The number of pyridine rings is 1. The molecule has 2 heterocycles. The van der Waals surface area contributed by atoms with Crippen LogP contribution in [0.5, 0.6) is 5.75 Å². The third kappa shape index (κ3) is 5.73. The van der Waals surface area contributed by atoms with Gasteiger partial charge in [0.25, 0.3) is 5.56 Å². The maximum Gasteiger partial charge on any atom is 0.259 e. The summed E-state index contributed by atoms with van der Waals surface area (Å²) in [7, 11) is 1.56. The Kier molecular flexibility index (Phi) is 8.66. The number of aryl methyl sites for hydroxylation is 1. The van der Waals surface area contributed by atoms with Gasteiger partial charge in [-0.3, -0.25) is 9.59 Å². The van der Waals surface area contributed by atoms with E-state index < -0.39 is 17.8 Å². The number of allylic oxidation sites excluding steroid dienone is 1. The summed E-state index contributed by atoms with van der Waals surface area (Å²) in [5.74, 6) is 0.849. The smallest absolute Gasteiger partial charge is 0.259 e. The molecule has 7 atom stereocenters. The normalized spacial score (nSPS) is 31.9. The summed E-state index contributed by atoms with van der Waals surface area (Å²) in [4.78, 5) is 24.9. The van der Waals surface area contributed by atoms with Crippen LogP contribution in [0.2, 0.25) is 0 Å². The molecule has 3 rings (SSSR count). The Balaban J connectivity index is 1.95. The van der Waals surface area contributed by atoms with E-state index in [1.807, 2.05) is 0 Å². The van der Waals surface area contributed by atoms with Gasteiger partial charge in [-0.15, -0.1) is 0 Å². The van der Waals surface area contributed by atoms with Gasteiger partial charge in [-0.1, -0.05) is 40.2 Å². The highest BCUT2D eigenvalue weighted by Crippen LogP contribution is 2.45. The Labute approximate surface area is 208 Å². The summed E-state index contributed by atoms with van der Waals surface area (Å²) in [5.41, 5.74) is -0.879. The lowest BCUT2D eigenvalue weighted by Crippen LogP contribution is -2.46. The van der Waals surface area contributed by atoms with Crippen LogP contribution in [0.15, 0.2) is 22.6 Å². The Hall–Kier alpha value is -1.96. The summed E-state index contributed by atoms with van der Waals surface area (Å²) in [6.45, 7) is 10.9. The molecule has 1 aromatic rings. The summed E-state index contributed by atoms with van der Waals surface area (Å²) < 4.78 is 7.79. The van der Waals surface area contributed by atoms with E-state index in [1.54, 1.807) is 7.05 Å². The van der Waals surface area contributed by atoms with Gasteiger partial charge in [-0.05, 0) is 55.9 Å². The third-order valence-electron chi connectivity index (χ3n) is 8.11. The molecule has 2 fully saturated rings. The van der Waals surface area contributed by atoms with Gasteiger partial charge in [-0.25, -0.2) is 0 Å². The molecule has 1 aromatic heterocycles. The number of rotatable bonds is 7. The Bertz CT molecular complexity index is 1010. The van der Waals surface area contributed by atoms with E-state index >= 15 is 0 Å². The topological polar surface area (TPSA) is 109 Å². The van der Waals surface area contributed by atoms with Crippen LogP contribution in [0.1, 0.15) is 96.8 Å². The maximum atomic E-state index is 13.2. The van der Waals surface area contributed by atoms with Gasteiger partial charge in [0.2, 0.25) is 0 Å². The van der Waals surface area contributed by atoms with Gasteiger partial charge in [-0.2, -0.15) is 0 Å². The number of Topliss-reactive ketones (excluding diaryl/α,β-unsaturated/α-hetero) is 1. The second kappa shape index (κ2) is 11.0. The lowest BCUT2D eigenvalue weighted by molar-refractivity contribution is -0.143. The van der Waals surface area contributed by atoms with Crippen LogP contribution in [-0.4, -0.2) is 37.9 Å². The molecule has 0 amide bonds. The molecule has 2 aliphatic rings. The first kappa shape index (κ1) is 27.6. The number of nitrogens with zero attached hydrogens (tertiary/aromatic N) is 1. The van der Waals surface area contributed by atoms with E-state index in [4.69, 9.17) is 4.74 Å². The van der Waals surface area contributed by atoms with E-state index in [0.29, 0.717) is 18.3 Å². The van der Waals surface area contributed by atoms with Crippen molar-refractivity contribution in [1.82, 2.24) is 4.57 Å². The predicted molar refractivity (Wildman–Crippen MR) is 135 cm³/mol. The fourth-order valence-electron chi connectivity index (χ4n) is 5.78. The zero-order valence-electron chi connectivity index (χ0n) is 22.1. The number of hydrogen-bond acceptors (Lipinski definition) is 6. The fraction of sp³-hybridized carbons (Fsp3) is 0.714. The first-order chi connectivity index (χ1) is 16.4. The van der Waals surface area contributed by atoms with Gasteiger partial charge in [0.15, 0.2) is 0 Å². The number of aliphatic hydroxyl groups is 2. The third-order valence-corrected chi connectivity index (χ3v) is 8.11. The average Bonchev–Trinajstić information content (AvgIpc) is 2.79. The highest BCUT2D eigenvalue weighted by molar-refractivity contribution is 5.80. The van der Waals surface area contributed by atoms with Crippen LogP contribution in [0, 0.1) is 17.8 Å². The van der Waals surface area contributed by atoms with Crippen LogP contribution in [0.25, 0.3) is 0 Å². The largest absolute Gasteiger partial charge is 0.507 e. The van der Waals surface area contributed by atoms with Crippen molar-refractivity contribution in [3.63, 3.8) is 0 Å². The van der Waals surface area contributed by atoms with Crippen molar-refractivity contribution < 1.29 is 24.9 Å². The molecule has 1 aliphatic carbocycles. The van der Waals surface area contributed by atoms with Crippen LogP contribution in [0.4, 0.5) is 0 Å². The summed E-state index contributed by atoms with van der Waals surface area (Å²) >= 11 is 0. The van der Waals surface area contributed by atoms with E-state index in [0.717, 1.165) is 24.8 Å². The molecule has 4 unspecified atom stereocenters. The molecule has 0 aromatic carbocycles. The van der Waals surface area contributed by atoms with Gasteiger partial charge in [0.1, 0.15) is 17.1 Å². The van der Waals surface area contributed by atoms with E-state index in [9.17, 15) is 24.9 Å². The van der Waals surface area contributed by atoms with Crippen LogP contribution >= 0.6 is 0 Å². The van der Waals surface area contributed by atoms with Gasteiger partial charge in [0.05, 0.1) is 23.9 Å². The molecule has 1 saturated carbocycles. The van der Waals surface area contributed by atoms with Crippen LogP contribution in [0.3, 0.4) is 0 Å². The minimum absolute atomic E-state index is 0.0146. The highest BCUT2D eigenvalue weighted by atomic mass is 16.5. The lowest BCUT2D eigenvalue weighted by atomic mass is 9.76. The summed E-state index contributed by atoms with van der Waals surface area (Å²) in [6.07, 6.45) is 5.01. The Morgan fingerprint density at radius 2 is 2.00 bits per heavy atom. The number of aromatic nitrogens is 1. The minimum Gasteiger partial charge on any atom is -0.507 e. The number of carbonyl (C=O) groups excluding carboxylic acids is 1. The van der Waals surface area contributed by atoms with Gasteiger partial charge in [0, 0.05) is 31.6 Å². The zero-order chi connectivity index (χ0) is 26.1. The molecule has 196 valence electrons. The highest BCUT2D eigenvalue weighted by Gasteiger charge is 2.46. The number of ketones is 1. The fourth-order valence-corrected chi connectivity index (χ4v) is 5.78. The van der Waals surface area contributed by atoms with Gasteiger partial charge < -0.3 is 24.6 Å². The minimum atomic E-state index is -1.80. The second-order valence-electron chi connectivity index (χ2n) is 11.1. The van der Waals surface area contributed by atoms with Crippen molar-refractivity contribution in [3.05, 3.63) is 39.3 Å². The first-order valence-corrected chi connectivity index (χ1v) is 13.1. The lowest BCUT2D eigenvalue weighted by Gasteiger charge is -2.39. The Morgan fingerprint density at radius 3 is 2.63 bits per heavy atom. The average molecular weight is 490 g/mol. The molecule has 0 bridgehead atoms. The Morgan fingerprint density at radius 1 is 1.31 bits per heavy atom. The molecule has 7 nitrogen and oxygen atoms in total. The molecule has 35 heavy (non-hydrogen) atoms. The van der Waals surface area contributed by atoms with Crippen molar-refractivity contribution in [1.29, 1.82) is 0 Å². The van der Waals surface area contributed by atoms with Crippen molar-refractivity contribution in [2.75, 3.05) is 0 Å².